The van der Waals surface area contributed by atoms with E-state index in [0.29, 0.717) is 0 Å². The molecule has 0 nitrogen and oxygen atoms in total. The summed E-state index contributed by atoms with van der Waals surface area (Å²) in [5.41, 5.74) is 3.89. The van der Waals surface area contributed by atoms with Gasteiger partial charge in [-0.3, -0.25) is 0 Å². The highest BCUT2D eigenvalue weighted by Crippen LogP contribution is 2.40. The van der Waals surface area contributed by atoms with Gasteiger partial charge in [0.1, 0.15) is 0 Å². The summed E-state index contributed by atoms with van der Waals surface area (Å²) in [4.78, 5) is 0. The van der Waals surface area contributed by atoms with Crippen LogP contribution < -0.4 is 0 Å². The molecule has 0 fully saturated rings. The minimum Gasteiger partial charge on any atom is -0.135 e. The summed E-state index contributed by atoms with van der Waals surface area (Å²) in [7, 11) is 0. The van der Waals surface area contributed by atoms with E-state index in [-0.39, 0.29) is 0 Å². The molecule has 0 radical (unpaired) electrons. The van der Waals surface area contributed by atoms with E-state index in [0.717, 1.165) is 10.6 Å². The van der Waals surface area contributed by atoms with Gasteiger partial charge in [-0.15, -0.1) is 11.3 Å². The van der Waals surface area contributed by atoms with E-state index < -0.39 is 0 Å². The summed E-state index contributed by atoms with van der Waals surface area (Å²) in [5.74, 6) is 0. The molecule has 1 aromatic heterocycles. The molecule has 0 bridgehead atoms. The highest BCUT2D eigenvalue weighted by Gasteiger charge is 2.12. The van der Waals surface area contributed by atoms with Gasteiger partial charge in [0.05, 0.1) is 0 Å². The van der Waals surface area contributed by atoms with E-state index >= 15 is 0 Å². The van der Waals surface area contributed by atoms with Gasteiger partial charge in [0.2, 0.25) is 0 Å². The Morgan fingerprint density at radius 2 is 1.67 bits per heavy atom. The van der Waals surface area contributed by atoms with Crippen molar-refractivity contribution in [2.45, 2.75) is 20.8 Å². The van der Waals surface area contributed by atoms with Gasteiger partial charge in [-0.2, -0.15) is 0 Å². The van der Waals surface area contributed by atoms with Crippen molar-refractivity contribution in [2.75, 3.05) is 0 Å². The molecule has 0 amide bonds. The van der Waals surface area contributed by atoms with Crippen LogP contribution in [0.1, 0.15) is 16.7 Å². The van der Waals surface area contributed by atoms with Crippen molar-refractivity contribution < 1.29 is 0 Å². The fourth-order valence-electron chi connectivity index (χ4n) is 2.34. The van der Waals surface area contributed by atoms with Gasteiger partial charge < -0.3 is 0 Å². The molecular formula is C15H12ClIS. The van der Waals surface area contributed by atoms with Crippen LogP contribution in [-0.4, -0.2) is 0 Å². The maximum Gasteiger partial charge on any atom is 0.0449 e. The van der Waals surface area contributed by atoms with Gasteiger partial charge >= 0.3 is 0 Å². The number of rotatable bonds is 0. The molecule has 0 aliphatic rings. The van der Waals surface area contributed by atoms with Crippen molar-refractivity contribution in [1.29, 1.82) is 0 Å². The summed E-state index contributed by atoms with van der Waals surface area (Å²) < 4.78 is 4.04. The van der Waals surface area contributed by atoms with Gasteiger partial charge in [-0.1, -0.05) is 11.6 Å². The Kier molecular flexibility index (Phi) is 3.07. The normalized spacial score (nSPS) is 11.6. The number of thiophene rings is 1. The predicted octanol–water partition coefficient (Wildman–Crippen LogP) is 6.24. The van der Waals surface area contributed by atoms with Crippen LogP contribution in [0.25, 0.3) is 20.2 Å². The van der Waals surface area contributed by atoms with Crippen molar-refractivity contribution in [1.82, 2.24) is 0 Å². The van der Waals surface area contributed by atoms with Crippen LogP contribution >= 0.6 is 45.5 Å². The third-order valence-corrected chi connectivity index (χ3v) is 6.74. The fourth-order valence-corrected chi connectivity index (χ4v) is 4.39. The molecule has 3 aromatic rings. The molecule has 92 valence electrons. The molecule has 3 heteroatoms. The van der Waals surface area contributed by atoms with E-state index in [1.165, 1.54) is 34.9 Å². The van der Waals surface area contributed by atoms with Crippen LogP contribution in [0.5, 0.6) is 0 Å². The van der Waals surface area contributed by atoms with E-state index in [1.54, 1.807) is 0 Å². The van der Waals surface area contributed by atoms with Crippen molar-refractivity contribution >= 4 is 65.7 Å². The van der Waals surface area contributed by atoms with E-state index in [1.807, 2.05) is 11.3 Å². The molecule has 0 spiro atoms. The van der Waals surface area contributed by atoms with Gasteiger partial charge in [-0.25, -0.2) is 0 Å². The third-order valence-electron chi connectivity index (χ3n) is 3.38. The third kappa shape index (κ3) is 1.77. The number of hydrogen-bond acceptors (Lipinski definition) is 1. The lowest BCUT2D eigenvalue weighted by Gasteiger charge is -2.04. The Morgan fingerprint density at radius 3 is 2.39 bits per heavy atom. The molecule has 0 saturated carbocycles. The van der Waals surface area contributed by atoms with Crippen molar-refractivity contribution in [2.24, 2.45) is 0 Å². The highest BCUT2D eigenvalue weighted by atomic mass is 127. The van der Waals surface area contributed by atoms with Crippen molar-refractivity contribution in [3.63, 3.8) is 0 Å². The standard InChI is InChI=1S/C15H12ClIS/c1-7-4-10-11-5-8(2)14(17)9(3)15(11)18-13(10)6-12(7)16/h4-6H,1-3H3. The molecular weight excluding hydrogens is 375 g/mol. The first-order valence-electron chi connectivity index (χ1n) is 5.77. The molecule has 18 heavy (non-hydrogen) atoms. The molecule has 0 aliphatic carbocycles. The molecule has 0 unspecified atom stereocenters. The lowest BCUT2D eigenvalue weighted by Crippen LogP contribution is -1.85. The van der Waals surface area contributed by atoms with Crippen molar-refractivity contribution in [3.05, 3.63) is 43.5 Å². The van der Waals surface area contributed by atoms with E-state index in [4.69, 9.17) is 11.6 Å². The van der Waals surface area contributed by atoms with Crippen LogP contribution in [-0.2, 0) is 0 Å². The van der Waals surface area contributed by atoms with Gasteiger partial charge in [0.25, 0.3) is 0 Å². The number of hydrogen-bond donors (Lipinski definition) is 0. The van der Waals surface area contributed by atoms with Crippen molar-refractivity contribution in [3.8, 4) is 0 Å². The lowest BCUT2D eigenvalue weighted by atomic mass is 10.1. The highest BCUT2D eigenvalue weighted by molar-refractivity contribution is 14.1. The molecule has 3 rings (SSSR count). The smallest absolute Gasteiger partial charge is 0.0449 e. The SMILES string of the molecule is Cc1cc2c(cc1Cl)sc1c(C)c(I)c(C)cc12. The molecule has 0 aliphatic heterocycles. The zero-order valence-corrected chi connectivity index (χ0v) is 14.1. The second-order valence-corrected chi connectivity index (χ2v) is 7.25. The maximum atomic E-state index is 6.22. The number of benzene rings is 2. The zero-order chi connectivity index (χ0) is 13.0. The first-order chi connectivity index (χ1) is 8.49. The Balaban J connectivity index is 2.56. The first-order valence-corrected chi connectivity index (χ1v) is 8.04. The number of halogens is 2. The zero-order valence-electron chi connectivity index (χ0n) is 10.4. The Labute approximate surface area is 129 Å². The van der Waals surface area contributed by atoms with Crippen LogP contribution in [0.4, 0.5) is 0 Å². The average Bonchev–Trinajstić information content (AvgIpc) is 2.66. The Morgan fingerprint density at radius 1 is 1.00 bits per heavy atom. The van der Waals surface area contributed by atoms with E-state index in [9.17, 15) is 0 Å². The molecule has 1 heterocycles. The average molecular weight is 387 g/mol. The summed E-state index contributed by atoms with van der Waals surface area (Å²) >= 11 is 10.5. The van der Waals surface area contributed by atoms with E-state index in [2.05, 4.69) is 61.6 Å². The van der Waals surface area contributed by atoms with Gasteiger partial charge in [0.15, 0.2) is 0 Å². The Bertz CT molecular complexity index is 786. The quantitative estimate of drug-likeness (QED) is 0.401. The fraction of sp³-hybridized carbons (Fsp3) is 0.200. The summed E-state index contributed by atoms with van der Waals surface area (Å²) in [6.45, 7) is 6.46. The van der Waals surface area contributed by atoms with Crippen LogP contribution in [0.2, 0.25) is 5.02 Å². The first kappa shape index (κ1) is 12.7. The topological polar surface area (TPSA) is 0 Å². The minimum absolute atomic E-state index is 0.859. The molecule has 0 saturated heterocycles. The van der Waals surface area contributed by atoms with Crippen LogP contribution in [0.3, 0.4) is 0 Å². The number of aryl methyl sites for hydroxylation is 3. The molecule has 0 atom stereocenters. The summed E-state index contributed by atoms with van der Waals surface area (Å²) in [5, 5.41) is 3.56. The number of fused-ring (bicyclic) bond motifs is 3. The predicted molar refractivity (Wildman–Crippen MR) is 91.3 cm³/mol. The molecule has 0 N–H and O–H groups in total. The molecule has 2 aromatic carbocycles. The summed E-state index contributed by atoms with van der Waals surface area (Å²) in [6, 6.07) is 6.61. The van der Waals surface area contributed by atoms with Crippen LogP contribution in [0, 0.1) is 24.3 Å². The van der Waals surface area contributed by atoms with Gasteiger partial charge in [0, 0.05) is 28.8 Å². The maximum absolute atomic E-state index is 6.22. The minimum atomic E-state index is 0.859. The largest absolute Gasteiger partial charge is 0.135 e. The second-order valence-electron chi connectivity index (χ2n) is 4.71. The lowest BCUT2D eigenvalue weighted by molar-refractivity contribution is 1.39. The monoisotopic (exact) mass is 386 g/mol. The summed E-state index contributed by atoms with van der Waals surface area (Å²) in [6.07, 6.45) is 0. The van der Waals surface area contributed by atoms with Gasteiger partial charge in [-0.05, 0) is 78.3 Å². The van der Waals surface area contributed by atoms with Crippen LogP contribution in [0.15, 0.2) is 18.2 Å². The second kappa shape index (κ2) is 4.36. The Hall–Kier alpha value is -0.320.